The smallest absolute Gasteiger partial charge is 0.219 e. The number of rotatable bonds is 4. The number of thiazole rings is 1. The first-order valence-corrected chi connectivity index (χ1v) is 8.28. The molecule has 0 bridgehead atoms. The van der Waals surface area contributed by atoms with Gasteiger partial charge in [0, 0.05) is 30.9 Å². The average molecular weight is 295 g/mol. The minimum Gasteiger partial charge on any atom is -0.343 e. The summed E-state index contributed by atoms with van der Waals surface area (Å²) >= 11 is 1.80. The Morgan fingerprint density at radius 1 is 1.45 bits per heavy atom. The Labute approximate surface area is 125 Å². The summed E-state index contributed by atoms with van der Waals surface area (Å²) in [6, 6.07) is 0.848. The number of carbonyl (C=O) groups excluding carboxylic acids is 1. The van der Waals surface area contributed by atoms with Crippen LogP contribution in [-0.2, 0) is 4.79 Å². The minimum absolute atomic E-state index is 0.196. The van der Waals surface area contributed by atoms with Crippen LogP contribution >= 0.6 is 11.3 Å². The van der Waals surface area contributed by atoms with Crippen LogP contribution in [0, 0.1) is 13.8 Å². The second kappa shape index (κ2) is 6.68. The van der Waals surface area contributed by atoms with Crippen molar-refractivity contribution < 1.29 is 4.79 Å². The normalized spacial score (nSPS) is 18.3. The van der Waals surface area contributed by atoms with Gasteiger partial charge in [-0.05, 0) is 33.1 Å². The predicted molar refractivity (Wildman–Crippen MR) is 83.0 cm³/mol. The maximum absolute atomic E-state index is 11.3. The Hall–Kier alpha value is -0.940. The first-order chi connectivity index (χ1) is 9.51. The van der Waals surface area contributed by atoms with Crippen molar-refractivity contribution in [3.8, 4) is 0 Å². The number of aryl methyl sites for hydroxylation is 2. The molecule has 0 spiro atoms. The average Bonchev–Trinajstić information content (AvgIpc) is 2.76. The SMILES string of the molecule is CC[C@H](NC1CCN(C(C)=O)CC1)c1nc(C)c(C)s1. The molecule has 0 aliphatic carbocycles. The Balaban J connectivity index is 1.93. The molecule has 112 valence electrons. The van der Waals surface area contributed by atoms with E-state index in [-0.39, 0.29) is 5.91 Å². The van der Waals surface area contributed by atoms with Gasteiger partial charge in [-0.1, -0.05) is 6.92 Å². The Morgan fingerprint density at radius 3 is 2.55 bits per heavy atom. The molecular formula is C15H25N3OS. The lowest BCUT2D eigenvalue weighted by Crippen LogP contribution is -2.45. The maximum Gasteiger partial charge on any atom is 0.219 e. The molecule has 1 N–H and O–H groups in total. The third-order valence-electron chi connectivity index (χ3n) is 4.13. The van der Waals surface area contributed by atoms with E-state index >= 15 is 0 Å². The maximum atomic E-state index is 11.3. The molecule has 4 nitrogen and oxygen atoms in total. The summed E-state index contributed by atoms with van der Waals surface area (Å²) in [4.78, 5) is 19.3. The number of nitrogens with zero attached hydrogens (tertiary/aromatic N) is 2. The lowest BCUT2D eigenvalue weighted by Gasteiger charge is -2.33. The van der Waals surface area contributed by atoms with Crippen molar-refractivity contribution in [3.63, 3.8) is 0 Å². The van der Waals surface area contributed by atoms with E-state index in [1.807, 2.05) is 4.90 Å². The molecular weight excluding hydrogens is 270 g/mol. The topological polar surface area (TPSA) is 45.2 Å². The molecule has 1 saturated heterocycles. The summed E-state index contributed by atoms with van der Waals surface area (Å²) in [5.41, 5.74) is 1.15. The molecule has 5 heteroatoms. The molecule has 1 aromatic heterocycles. The van der Waals surface area contributed by atoms with Gasteiger partial charge in [0.2, 0.25) is 5.91 Å². The Kier molecular flexibility index (Phi) is 5.16. The van der Waals surface area contributed by atoms with E-state index in [9.17, 15) is 4.79 Å². The highest BCUT2D eigenvalue weighted by Crippen LogP contribution is 2.26. The highest BCUT2D eigenvalue weighted by atomic mass is 32.1. The summed E-state index contributed by atoms with van der Waals surface area (Å²) in [5, 5.41) is 4.94. The van der Waals surface area contributed by atoms with Gasteiger partial charge in [0.15, 0.2) is 0 Å². The first-order valence-electron chi connectivity index (χ1n) is 7.46. The number of hydrogen-bond acceptors (Lipinski definition) is 4. The van der Waals surface area contributed by atoms with Gasteiger partial charge in [0.05, 0.1) is 11.7 Å². The molecule has 1 amide bonds. The number of amides is 1. The highest BCUT2D eigenvalue weighted by Gasteiger charge is 2.24. The second-order valence-corrected chi connectivity index (χ2v) is 6.84. The molecule has 2 rings (SSSR count). The zero-order valence-corrected chi connectivity index (χ0v) is 13.7. The fourth-order valence-corrected chi connectivity index (χ4v) is 3.72. The zero-order chi connectivity index (χ0) is 14.7. The summed E-state index contributed by atoms with van der Waals surface area (Å²) in [5.74, 6) is 0.196. The fourth-order valence-electron chi connectivity index (χ4n) is 2.66. The third-order valence-corrected chi connectivity index (χ3v) is 5.32. The van der Waals surface area contributed by atoms with Gasteiger partial charge in [-0.15, -0.1) is 11.3 Å². The van der Waals surface area contributed by atoms with Crippen LogP contribution in [0.1, 0.15) is 54.7 Å². The number of likely N-dealkylation sites (tertiary alicyclic amines) is 1. The standard InChI is InChI=1S/C15H25N3OS/c1-5-14(15-16-10(2)11(3)20-15)17-13-6-8-18(9-7-13)12(4)19/h13-14,17H,5-9H2,1-4H3/t14-/m0/s1. The summed E-state index contributed by atoms with van der Waals surface area (Å²) in [6.07, 6.45) is 3.14. The number of hydrogen-bond donors (Lipinski definition) is 1. The largest absolute Gasteiger partial charge is 0.343 e. The van der Waals surface area contributed by atoms with E-state index in [4.69, 9.17) is 0 Å². The molecule has 20 heavy (non-hydrogen) atoms. The van der Waals surface area contributed by atoms with Gasteiger partial charge in [0.1, 0.15) is 5.01 Å². The molecule has 2 heterocycles. The molecule has 0 unspecified atom stereocenters. The van der Waals surface area contributed by atoms with Gasteiger partial charge in [0.25, 0.3) is 0 Å². The monoisotopic (exact) mass is 295 g/mol. The highest BCUT2D eigenvalue weighted by molar-refractivity contribution is 7.11. The van der Waals surface area contributed by atoms with E-state index in [0.717, 1.165) is 38.0 Å². The second-order valence-electron chi connectivity index (χ2n) is 5.60. The minimum atomic E-state index is 0.196. The zero-order valence-electron chi connectivity index (χ0n) is 12.9. The number of aromatic nitrogens is 1. The van der Waals surface area contributed by atoms with Crippen molar-refractivity contribution >= 4 is 17.2 Å². The number of piperidine rings is 1. The fraction of sp³-hybridized carbons (Fsp3) is 0.733. The summed E-state index contributed by atoms with van der Waals surface area (Å²) in [6.45, 7) is 9.82. The van der Waals surface area contributed by atoms with Crippen LogP contribution in [0.2, 0.25) is 0 Å². The molecule has 1 fully saturated rings. The van der Waals surface area contributed by atoms with Crippen molar-refractivity contribution in [2.24, 2.45) is 0 Å². The molecule has 0 aromatic carbocycles. The quantitative estimate of drug-likeness (QED) is 0.929. The van der Waals surface area contributed by atoms with Crippen molar-refractivity contribution in [1.82, 2.24) is 15.2 Å². The lowest BCUT2D eigenvalue weighted by atomic mass is 10.0. The van der Waals surface area contributed by atoms with E-state index in [1.54, 1.807) is 18.3 Å². The molecule has 1 aromatic rings. The van der Waals surface area contributed by atoms with Crippen LogP contribution in [0.5, 0.6) is 0 Å². The molecule has 1 aliphatic heterocycles. The number of nitrogens with one attached hydrogen (secondary N) is 1. The van der Waals surface area contributed by atoms with Crippen LogP contribution < -0.4 is 5.32 Å². The van der Waals surface area contributed by atoms with Gasteiger partial charge >= 0.3 is 0 Å². The van der Waals surface area contributed by atoms with E-state index in [0.29, 0.717) is 12.1 Å². The molecule has 0 radical (unpaired) electrons. The van der Waals surface area contributed by atoms with E-state index in [1.165, 1.54) is 9.88 Å². The summed E-state index contributed by atoms with van der Waals surface area (Å²) < 4.78 is 0. The lowest BCUT2D eigenvalue weighted by molar-refractivity contribution is -0.129. The van der Waals surface area contributed by atoms with E-state index < -0.39 is 0 Å². The van der Waals surface area contributed by atoms with Crippen LogP contribution in [-0.4, -0.2) is 34.9 Å². The van der Waals surface area contributed by atoms with Gasteiger partial charge in [-0.3, -0.25) is 4.79 Å². The molecule has 1 aliphatic rings. The molecule has 1 atom stereocenters. The predicted octanol–water partition coefficient (Wildman–Crippen LogP) is 2.81. The first kappa shape index (κ1) is 15.4. The van der Waals surface area contributed by atoms with Crippen LogP contribution in [0.3, 0.4) is 0 Å². The van der Waals surface area contributed by atoms with E-state index in [2.05, 4.69) is 31.1 Å². The van der Waals surface area contributed by atoms with Gasteiger partial charge in [-0.2, -0.15) is 0 Å². The van der Waals surface area contributed by atoms with Crippen LogP contribution in [0.25, 0.3) is 0 Å². The van der Waals surface area contributed by atoms with Crippen molar-refractivity contribution in [1.29, 1.82) is 0 Å². The third kappa shape index (κ3) is 3.58. The summed E-state index contributed by atoms with van der Waals surface area (Å²) in [7, 11) is 0. The Bertz CT molecular complexity index is 444. The van der Waals surface area contributed by atoms with Gasteiger partial charge < -0.3 is 10.2 Å². The van der Waals surface area contributed by atoms with Crippen molar-refractivity contribution in [2.75, 3.05) is 13.1 Å². The van der Waals surface area contributed by atoms with Crippen molar-refractivity contribution in [2.45, 2.75) is 59.0 Å². The molecule has 0 saturated carbocycles. The Morgan fingerprint density at radius 2 is 2.10 bits per heavy atom. The van der Waals surface area contributed by atoms with Crippen molar-refractivity contribution in [3.05, 3.63) is 15.6 Å². The number of carbonyl (C=O) groups is 1. The van der Waals surface area contributed by atoms with Crippen LogP contribution in [0.15, 0.2) is 0 Å². The van der Waals surface area contributed by atoms with Gasteiger partial charge in [-0.25, -0.2) is 4.98 Å². The van der Waals surface area contributed by atoms with Crippen LogP contribution in [0.4, 0.5) is 0 Å².